The maximum Gasteiger partial charge on any atom is 0.278 e. The van der Waals surface area contributed by atoms with Crippen LogP contribution in [0.1, 0.15) is 34.2 Å². The van der Waals surface area contributed by atoms with E-state index in [0.717, 1.165) is 12.0 Å². The lowest BCUT2D eigenvalue weighted by Gasteiger charge is -2.09. The SMILES string of the molecule is CCc1ccccc1NC(=O)c1nnn(CC(=O)Nc2ccc(C)c(F)c2)c1C. The fourth-order valence-electron chi connectivity index (χ4n) is 2.86. The zero-order chi connectivity index (χ0) is 21.0. The molecule has 0 radical (unpaired) electrons. The monoisotopic (exact) mass is 395 g/mol. The van der Waals surface area contributed by atoms with E-state index in [1.807, 2.05) is 31.2 Å². The summed E-state index contributed by atoms with van der Waals surface area (Å²) in [5.41, 5.74) is 3.18. The van der Waals surface area contributed by atoms with Crippen molar-refractivity contribution in [3.8, 4) is 0 Å². The maximum atomic E-state index is 13.6. The molecule has 150 valence electrons. The zero-order valence-electron chi connectivity index (χ0n) is 16.5. The smallest absolute Gasteiger partial charge is 0.278 e. The molecule has 1 aromatic heterocycles. The molecule has 2 amide bonds. The van der Waals surface area contributed by atoms with Gasteiger partial charge in [0, 0.05) is 11.4 Å². The van der Waals surface area contributed by atoms with Crippen LogP contribution in [0.15, 0.2) is 42.5 Å². The average Bonchev–Trinajstić information content (AvgIpc) is 3.05. The number of aromatic nitrogens is 3. The fourth-order valence-corrected chi connectivity index (χ4v) is 2.86. The summed E-state index contributed by atoms with van der Waals surface area (Å²) < 4.78 is 15.0. The Morgan fingerprint density at radius 3 is 2.59 bits per heavy atom. The number of hydrogen-bond acceptors (Lipinski definition) is 4. The number of carbonyl (C=O) groups is 2. The van der Waals surface area contributed by atoms with Crippen LogP contribution in [-0.2, 0) is 17.8 Å². The molecule has 0 unspecified atom stereocenters. The molecule has 1 heterocycles. The van der Waals surface area contributed by atoms with Crippen molar-refractivity contribution in [1.29, 1.82) is 0 Å². The lowest BCUT2D eigenvalue weighted by atomic mass is 10.1. The maximum absolute atomic E-state index is 13.6. The Morgan fingerprint density at radius 1 is 1.10 bits per heavy atom. The van der Waals surface area contributed by atoms with Gasteiger partial charge in [0.05, 0.1) is 5.69 Å². The highest BCUT2D eigenvalue weighted by Crippen LogP contribution is 2.17. The number of halogens is 1. The van der Waals surface area contributed by atoms with E-state index in [0.29, 0.717) is 22.6 Å². The van der Waals surface area contributed by atoms with Crippen molar-refractivity contribution < 1.29 is 14.0 Å². The number of anilines is 2. The van der Waals surface area contributed by atoms with Gasteiger partial charge in [0.25, 0.3) is 5.91 Å². The largest absolute Gasteiger partial charge is 0.324 e. The molecule has 0 saturated carbocycles. The van der Waals surface area contributed by atoms with E-state index in [1.54, 1.807) is 26.0 Å². The number of nitrogens with zero attached hydrogens (tertiary/aromatic N) is 3. The lowest BCUT2D eigenvalue weighted by molar-refractivity contribution is -0.117. The molecule has 3 rings (SSSR count). The highest BCUT2D eigenvalue weighted by molar-refractivity contribution is 6.04. The first-order chi connectivity index (χ1) is 13.9. The van der Waals surface area contributed by atoms with Crippen LogP contribution in [0.25, 0.3) is 0 Å². The molecule has 0 aliphatic carbocycles. The van der Waals surface area contributed by atoms with Gasteiger partial charge in [-0.15, -0.1) is 5.10 Å². The predicted octanol–water partition coefficient (Wildman–Crippen LogP) is 3.49. The first-order valence-corrected chi connectivity index (χ1v) is 9.24. The highest BCUT2D eigenvalue weighted by Gasteiger charge is 2.19. The van der Waals surface area contributed by atoms with Gasteiger partial charge in [0.2, 0.25) is 5.91 Å². The molecule has 8 heteroatoms. The molecule has 0 aliphatic heterocycles. The molecular formula is C21H22FN5O2. The van der Waals surface area contributed by atoms with Crippen molar-refractivity contribution in [2.75, 3.05) is 10.6 Å². The summed E-state index contributed by atoms with van der Waals surface area (Å²) >= 11 is 0. The Labute approximate surface area is 167 Å². The van der Waals surface area contributed by atoms with Gasteiger partial charge in [-0.2, -0.15) is 0 Å². The number of aryl methyl sites for hydroxylation is 2. The van der Waals surface area contributed by atoms with Crippen molar-refractivity contribution in [3.05, 3.63) is 70.8 Å². The van der Waals surface area contributed by atoms with Crippen molar-refractivity contribution in [2.24, 2.45) is 0 Å². The van der Waals surface area contributed by atoms with Crippen LogP contribution in [0.5, 0.6) is 0 Å². The van der Waals surface area contributed by atoms with Gasteiger partial charge >= 0.3 is 0 Å². The molecule has 2 N–H and O–H groups in total. The Hall–Kier alpha value is -3.55. The van der Waals surface area contributed by atoms with E-state index in [4.69, 9.17) is 0 Å². The average molecular weight is 395 g/mol. The predicted molar refractivity (Wildman–Crippen MR) is 108 cm³/mol. The van der Waals surface area contributed by atoms with Gasteiger partial charge in [-0.3, -0.25) is 9.59 Å². The summed E-state index contributed by atoms with van der Waals surface area (Å²) in [5.74, 6) is -1.19. The second kappa shape index (κ2) is 8.64. The van der Waals surface area contributed by atoms with Crippen LogP contribution in [0, 0.1) is 19.7 Å². The summed E-state index contributed by atoms with van der Waals surface area (Å²) in [5, 5.41) is 13.3. The van der Waals surface area contributed by atoms with E-state index in [2.05, 4.69) is 20.9 Å². The Kier molecular flexibility index (Phi) is 6.01. The van der Waals surface area contributed by atoms with Crippen molar-refractivity contribution in [3.63, 3.8) is 0 Å². The Bertz CT molecular complexity index is 1060. The van der Waals surface area contributed by atoms with E-state index in [-0.39, 0.29) is 12.2 Å². The molecule has 2 aromatic carbocycles. The van der Waals surface area contributed by atoms with Gasteiger partial charge in [0.1, 0.15) is 12.4 Å². The molecule has 0 atom stereocenters. The molecule has 3 aromatic rings. The first-order valence-electron chi connectivity index (χ1n) is 9.24. The highest BCUT2D eigenvalue weighted by atomic mass is 19.1. The van der Waals surface area contributed by atoms with Crippen LogP contribution in [-0.4, -0.2) is 26.8 Å². The number of nitrogens with one attached hydrogen (secondary N) is 2. The van der Waals surface area contributed by atoms with Gasteiger partial charge < -0.3 is 10.6 Å². The van der Waals surface area contributed by atoms with Gasteiger partial charge in [-0.25, -0.2) is 9.07 Å². The second-order valence-corrected chi connectivity index (χ2v) is 6.66. The third-order valence-corrected chi connectivity index (χ3v) is 4.59. The van der Waals surface area contributed by atoms with E-state index in [1.165, 1.54) is 10.7 Å². The van der Waals surface area contributed by atoms with E-state index in [9.17, 15) is 14.0 Å². The van der Waals surface area contributed by atoms with Crippen molar-refractivity contribution >= 4 is 23.2 Å². The quantitative estimate of drug-likeness (QED) is 0.669. The summed E-state index contributed by atoms with van der Waals surface area (Å²) in [6.45, 7) is 5.17. The first kappa shape index (κ1) is 20.2. The fraction of sp³-hybridized carbons (Fsp3) is 0.238. The number of carbonyl (C=O) groups excluding carboxylic acids is 2. The topological polar surface area (TPSA) is 88.9 Å². The van der Waals surface area contributed by atoms with Crippen LogP contribution in [0.4, 0.5) is 15.8 Å². The number of hydrogen-bond donors (Lipinski definition) is 2. The van der Waals surface area contributed by atoms with Crippen LogP contribution >= 0.6 is 0 Å². The molecular weight excluding hydrogens is 373 g/mol. The standard InChI is InChI=1S/C21H22FN5O2/c1-4-15-7-5-6-8-18(15)24-21(29)20-14(3)27(26-25-20)12-19(28)23-16-10-9-13(2)17(22)11-16/h5-11H,4,12H2,1-3H3,(H,23,28)(H,24,29). The van der Waals surface area contributed by atoms with Crippen LogP contribution < -0.4 is 10.6 Å². The molecule has 0 bridgehead atoms. The van der Waals surface area contributed by atoms with Crippen molar-refractivity contribution in [2.45, 2.75) is 33.7 Å². The minimum atomic E-state index is -0.399. The summed E-state index contributed by atoms with van der Waals surface area (Å²) in [7, 11) is 0. The molecule has 0 aliphatic rings. The molecule has 7 nitrogen and oxygen atoms in total. The minimum Gasteiger partial charge on any atom is -0.324 e. The Morgan fingerprint density at radius 2 is 1.86 bits per heavy atom. The van der Waals surface area contributed by atoms with E-state index >= 15 is 0 Å². The van der Waals surface area contributed by atoms with Crippen LogP contribution in [0.3, 0.4) is 0 Å². The molecule has 0 fully saturated rings. The number of para-hydroxylation sites is 1. The van der Waals surface area contributed by atoms with Gasteiger partial charge in [0.15, 0.2) is 5.69 Å². The molecule has 0 spiro atoms. The third kappa shape index (κ3) is 4.66. The minimum absolute atomic E-state index is 0.144. The van der Waals surface area contributed by atoms with E-state index < -0.39 is 17.6 Å². The molecule has 0 saturated heterocycles. The zero-order valence-corrected chi connectivity index (χ0v) is 16.5. The second-order valence-electron chi connectivity index (χ2n) is 6.66. The number of amides is 2. The van der Waals surface area contributed by atoms with Gasteiger partial charge in [-0.05, 0) is 49.6 Å². The normalized spacial score (nSPS) is 10.6. The number of rotatable bonds is 6. The summed E-state index contributed by atoms with van der Waals surface area (Å²) in [6.07, 6.45) is 0.780. The third-order valence-electron chi connectivity index (χ3n) is 4.59. The summed E-state index contributed by atoms with van der Waals surface area (Å²) in [6, 6.07) is 12.0. The lowest BCUT2D eigenvalue weighted by Crippen LogP contribution is -2.21. The van der Waals surface area contributed by atoms with Crippen molar-refractivity contribution in [1.82, 2.24) is 15.0 Å². The van der Waals surface area contributed by atoms with Gasteiger partial charge in [-0.1, -0.05) is 36.4 Å². The Balaban J connectivity index is 1.69. The summed E-state index contributed by atoms with van der Waals surface area (Å²) in [4.78, 5) is 24.9. The number of benzene rings is 2. The molecule has 29 heavy (non-hydrogen) atoms. The van der Waals surface area contributed by atoms with Crippen LogP contribution in [0.2, 0.25) is 0 Å².